The van der Waals surface area contributed by atoms with Crippen LogP contribution in [0, 0.1) is 6.92 Å². The zero-order chi connectivity index (χ0) is 15.6. The Bertz CT molecular complexity index is 512. The maximum atomic E-state index is 12.5. The summed E-state index contributed by atoms with van der Waals surface area (Å²) in [4.78, 5) is 14.3. The summed E-state index contributed by atoms with van der Waals surface area (Å²) < 4.78 is 5.99. The van der Waals surface area contributed by atoms with Gasteiger partial charge in [-0.2, -0.15) is 0 Å². The summed E-state index contributed by atoms with van der Waals surface area (Å²) in [7, 11) is 0. The lowest BCUT2D eigenvalue weighted by Crippen LogP contribution is -2.51. The molecule has 1 saturated heterocycles. The van der Waals surface area contributed by atoms with Crippen molar-refractivity contribution in [3.63, 3.8) is 0 Å². The molecule has 0 unspecified atom stereocenters. The summed E-state index contributed by atoms with van der Waals surface area (Å²) in [5, 5.41) is 10.4. The SMILES string of the molecule is Cc1ccc(OC2CCN(C(=O)C3(O)CCCC3)CC2)cc1. The quantitative estimate of drug-likeness (QED) is 0.934. The number of carbonyl (C=O) groups is 1. The van der Waals surface area contributed by atoms with Crippen molar-refractivity contribution in [3.05, 3.63) is 29.8 Å². The Labute approximate surface area is 132 Å². The van der Waals surface area contributed by atoms with Crippen molar-refractivity contribution in [1.29, 1.82) is 0 Å². The van der Waals surface area contributed by atoms with E-state index in [1.807, 2.05) is 29.2 Å². The molecule has 1 N–H and O–H groups in total. The molecule has 0 bridgehead atoms. The highest BCUT2D eigenvalue weighted by Gasteiger charge is 2.42. The zero-order valence-corrected chi connectivity index (χ0v) is 13.3. The average molecular weight is 303 g/mol. The molecule has 1 amide bonds. The number of aryl methyl sites for hydroxylation is 1. The molecule has 1 aliphatic heterocycles. The minimum atomic E-state index is -1.09. The van der Waals surface area contributed by atoms with E-state index < -0.39 is 5.60 Å². The second kappa shape index (κ2) is 6.29. The molecule has 2 aliphatic rings. The summed E-state index contributed by atoms with van der Waals surface area (Å²) in [5.41, 5.74) is 0.127. The Hall–Kier alpha value is -1.55. The predicted molar refractivity (Wildman–Crippen MR) is 84.8 cm³/mol. The standard InChI is InChI=1S/C18H25NO3/c1-14-4-6-15(7-5-14)22-16-8-12-19(13-9-16)17(20)18(21)10-2-3-11-18/h4-7,16,21H,2-3,8-13H2,1H3. The highest BCUT2D eigenvalue weighted by atomic mass is 16.5. The van der Waals surface area contributed by atoms with Gasteiger partial charge < -0.3 is 14.7 Å². The molecular weight excluding hydrogens is 278 g/mol. The topological polar surface area (TPSA) is 49.8 Å². The predicted octanol–water partition coefficient (Wildman–Crippen LogP) is 2.67. The average Bonchev–Trinajstić information content (AvgIpc) is 2.98. The zero-order valence-electron chi connectivity index (χ0n) is 13.3. The number of amides is 1. The number of aliphatic hydroxyl groups is 1. The number of hydrogen-bond acceptors (Lipinski definition) is 3. The van der Waals surface area contributed by atoms with E-state index >= 15 is 0 Å². The van der Waals surface area contributed by atoms with Gasteiger partial charge in [-0.15, -0.1) is 0 Å². The van der Waals surface area contributed by atoms with Gasteiger partial charge >= 0.3 is 0 Å². The van der Waals surface area contributed by atoms with E-state index in [0.29, 0.717) is 25.9 Å². The fourth-order valence-corrected chi connectivity index (χ4v) is 3.45. The van der Waals surface area contributed by atoms with Crippen LogP contribution in [0.4, 0.5) is 0 Å². The number of carbonyl (C=O) groups excluding carboxylic acids is 1. The van der Waals surface area contributed by atoms with E-state index in [1.54, 1.807) is 0 Å². The summed E-state index contributed by atoms with van der Waals surface area (Å²) in [5.74, 6) is 0.823. The highest BCUT2D eigenvalue weighted by molar-refractivity contribution is 5.85. The molecule has 1 saturated carbocycles. The summed E-state index contributed by atoms with van der Waals surface area (Å²) in [6.45, 7) is 3.41. The Morgan fingerprint density at radius 2 is 1.77 bits per heavy atom. The minimum absolute atomic E-state index is 0.0706. The van der Waals surface area contributed by atoms with Crippen LogP contribution in [0.5, 0.6) is 5.75 Å². The van der Waals surface area contributed by atoms with Crippen molar-refractivity contribution in [1.82, 2.24) is 4.90 Å². The number of benzene rings is 1. The smallest absolute Gasteiger partial charge is 0.254 e. The number of nitrogens with zero attached hydrogens (tertiary/aromatic N) is 1. The first-order chi connectivity index (χ1) is 10.6. The Balaban J connectivity index is 1.52. The van der Waals surface area contributed by atoms with Crippen LogP contribution < -0.4 is 4.74 Å². The molecule has 4 nitrogen and oxygen atoms in total. The van der Waals surface area contributed by atoms with Crippen LogP contribution >= 0.6 is 0 Å². The second-order valence-electron chi connectivity index (χ2n) is 6.66. The monoisotopic (exact) mass is 303 g/mol. The van der Waals surface area contributed by atoms with Crippen LogP contribution in [0.2, 0.25) is 0 Å². The van der Waals surface area contributed by atoms with Gasteiger partial charge in [0.2, 0.25) is 0 Å². The van der Waals surface area contributed by atoms with E-state index in [1.165, 1.54) is 5.56 Å². The fraction of sp³-hybridized carbons (Fsp3) is 0.611. The number of piperidine rings is 1. The minimum Gasteiger partial charge on any atom is -0.490 e. The van der Waals surface area contributed by atoms with Crippen molar-refractivity contribution < 1.29 is 14.6 Å². The van der Waals surface area contributed by atoms with Gasteiger partial charge in [-0.05, 0) is 44.7 Å². The summed E-state index contributed by atoms with van der Waals surface area (Å²) in [6, 6.07) is 8.08. The highest BCUT2D eigenvalue weighted by Crippen LogP contribution is 2.32. The number of likely N-dealkylation sites (tertiary alicyclic amines) is 1. The van der Waals surface area contributed by atoms with Crippen molar-refractivity contribution in [2.24, 2.45) is 0 Å². The lowest BCUT2D eigenvalue weighted by atomic mass is 9.98. The van der Waals surface area contributed by atoms with Gasteiger partial charge in [0, 0.05) is 25.9 Å². The van der Waals surface area contributed by atoms with E-state index in [2.05, 4.69) is 6.92 Å². The molecule has 0 spiro atoms. The Kier molecular flexibility index (Phi) is 4.39. The molecule has 4 heteroatoms. The van der Waals surface area contributed by atoms with Crippen molar-refractivity contribution in [2.45, 2.75) is 57.2 Å². The maximum absolute atomic E-state index is 12.5. The largest absolute Gasteiger partial charge is 0.490 e. The third kappa shape index (κ3) is 3.27. The lowest BCUT2D eigenvalue weighted by molar-refractivity contribution is -0.152. The van der Waals surface area contributed by atoms with Crippen molar-refractivity contribution in [2.75, 3.05) is 13.1 Å². The molecule has 1 aliphatic carbocycles. The molecular formula is C18H25NO3. The first-order valence-corrected chi connectivity index (χ1v) is 8.32. The summed E-state index contributed by atoms with van der Waals surface area (Å²) >= 11 is 0. The summed E-state index contributed by atoms with van der Waals surface area (Å²) in [6.07, 6.45) is 4.96. The molecule has 1 aromatic carbocycles. The van der Waals surface area contributed by atoms with E-state index in [9.17, 15) is 9.90 Å². The van der Waals surface area contributed by atoms with Crippen LogP contribution in [-0.2, 0) is 4.79 Å². The number of rotatable bonds is 3. The molecule has 0 radical (unpaired) electrons. The van der Waals surface area contributed by atoms with Gasteiger partial charge in [0.15, 0.2) is 0 Å². The molecule has 1 heterocycles. The van der Waals surface area contributed by atoms with E-state index in [-0.39, 0.29) is 12.0 Å². The molecule has 22 heavy (non-hydrogen) atoms. The molecule has 0 atom stereocenters. The molecule has 3 rings (SSSR count). The van der Waals surface area contributed by atoms with Gasteiger partial charge in [0.1, 0.15) is 17.5 Å². The second-order valence-corrected chi connectivity index (χ2v) is 6.66. The Morgan fingerprint density at radius 3 is 2.36 bits per heavy atom. The normalized spacial score (nSPS) is 21.8. The van der Waals surface area contributed by atoms with Gasteiger partial charge in [0.25, 0.3) is 5.91 Å². The van der Waals surface area contributed by atoms with Crippen LogP contribution in [-0.4, -0.2) is 40.7 Å². The molecule has 120 valence electrons. The molecule has 0 aromatic heterocycles. The van der Waals surface area contributed by atoms with Crippen LogP contribution in [0.1, 0.15) is 44.1 Å². The lowest BCUT2D eigenvalue weighted by Gasteiger charge is -2.36. The third-order valence-electron chi connectivity index (χ3n) is 4.88. The first kappa shape index (κ1) is 15.3. The van der Waals surface area contributed by atoms with Crippen LogP contribution in [0.25, 0.3) is 0 Å². The number of hydrogen-bond donors (Lipinski definition) is 1. The Morgan fingerprint density at radius 1 is 1.18 bits per heavy atom. The van der Waals surface area contributed by atoms with Gasteiger partial charge in [-0.25, -0.2) is 0 Å². The third-order valence-corrected chi connectivity index (χ3v) is 4.88. The van der Waals surface area contributed by atoms with Gasteiger partial charge in [-0.3, -0.25) is 4.79 Å². The first-order valence-electron chi connectivity index (χ1n) is 8.32. The van der Waals surface area contributed by atoms with E-state index in [4.69, 9.17) is 4.74 Å². The maximum Gasteiger partial charge on any atom is 0.254 e. The van der Waals surface area contributed by atoms with Crippen LogP contribution in [0.3, 0.4) is 0 Å². The van der Waals surface area contributed by atoms with Gasteiger partial charge in [0.05, 0.1) is 0 Å². The fourth-order valence-electron chi connectivity index (χ4n) is 3.45. The van der Waals surface area contributed by atoms with Crippen molar-refractivity contribution >= 4 is 5.91 Å². The number of ether oxygens (including phenoxy) is 1. The molecule has 1 aromatic rings. The van der Waals surface area contributed by atoms with Crippen LogP contribution in [0.15, 0.2) is 24.3 Å². The van der Waals surface area contributed by atoms with Gasteiger partial charge in [-0.1, -0.05) is 17.7 Å². The van der Waals surface area contributed by atoms with Crippen molar-refractivity contribution in [3.8, 4) is 5.75 Å². The molecule has 2 fully saturated rings. The van der Waals surface area contributed by atoms with E-state index in [0.717, 1.165) is 31.4 Å².